The number of epoxide rings is 1. The molecule has 3 heterocycles. The van der Waals surface area contributed by atoms with E-state index in [-0.39, 0.29) is 69.3 Å². The van der Waals surface area contributed by atoms with Crippen molar-refractivity contribution in [1.82, 2.24) is 0 Å². The summed E-state index contributed by atoms with van der Waals surface area (Å²) in [5, 5.41) is 21.7. The molecule has 15 atom stereocenters. The lowest BCUT2D eigenvalue weighted by atomic mass is 9.41. The first-order chi connectivity index (χ1) is 18.1. The minimum absolute atomic E-state index is 0.0345. The van der Waals surface area contributed by atoms with Gasteiger partial charge in [0.2, 0.25) is 5.79 Å². The van der Waals surface area contributed by atoms with Crippen LogP contribution in [0.5, 0.6) is 0 Å². The van der Waals surface area contributed by atoms with E-state index < -0.39 is 17.7 Å². The maximum atomic E-state index is 12.7. The van der Waals surface area contributed by atoms with Gasteiger partial charge in [0.05, 0.1) is 12.2 Å². The SMILES string of the molecule is CC(=O)O[C@@H]1C[C@@]23C[C@@]24CC[C@H](O)C(C)(C)[C@@H]4CC[C@H]3[C@]2(C)C[C@@H]3O[C@@]4(C[C@@H](C)[C@@H]3[C@@]12C)O[C@H](O)[C@]1(C)O[C@H]41. The highest BCUT2D eigenvalue weighted by molar-refractivity contribution is 5.66. The molecule has 3 saturated heterocycles. The van der Waals surface area contributed by atoms with E-state index in [0.29, 0.717) is 18.3 Å². The molecule has 0 radical (unpaired) electrons. The van der Waals surface area contributed by atoms with Gasteiger partial charge in [0.25, 0.3) is 0 Å². The second kappa shape index (κ2) is 7.07. The molecule has 3 aliphatic heterocycles. The number of hydrogen-bond donors (Lipinski definition) is 2. The van der Waals surface area contributed by atoms with Crippen molar-refractivity contribution in [2.45, 2.75) is 142 Å². The molecule has 3 spiro atoms. The van der Waals surface area contributed by atoms with Gasteiger partial charge in [-0.1, -0.05) is 34.6 Å². The van der Waals surface area contributed by atoms with Gasteiger partial charge in [-0.05, 0) is 97.2 Å². The highest BCUT2D eigenvalue weighted by Gasteiger charge is 2.86. The number of carbonyl (C=O) groups is 1. The number of rotatable bonds is 1. The lowest BCUT2D eigenvalue weighted by molar-refractivity contribution is -0.346. The van der Waals surface area contributed by atoms with E-state index in [1.54, 1.807) is 6.92 Å². The van der Waals surface area contributed by atoms with Crippen LogP contribution in [0.1, 0.15) is 99.8 Å². The van der Waals surface area contributed by atoms with E-state index in [1.807, 2.05) is 6.92 Å². The van der Waals surface area contributed by atoms with Crippen LogP contribution in [0.25, 0.3) is 0 Å². The van der Waals surface area contributed by atoms with Crippen molar-refractivity contribution in [3.8, 4) is 0 Å². The monoisotopic (exact) mass is 544 g/mol. The Hall–Kier alpha value is -0.730. The van der Waals surface area contributed by atoms with Crippen LogP contribution in [0.2, 0.25) is 0 Å². The molecule has 39 heavy (non-hydrogen) atoms. The number of ether oxygens (including phenoxy) is 4. The molecule has 0 unspecified atom stereocenters. The molecular weight excluding hydrogens is 496 g/mol. The van der Waals surface area contributed by atoms with Crippen LogP contribution in [0, 0.1) is 50.7 Å². The number of hydrogen-bond acceptors (Lipinski definition) is 7. The number of carbonyl (C=O) groups excluding carboxylic acids is 1. The zero-order valence-electron chi connectivity index (χ0n) is 24.8. The molecule has 8 rings (SSSR count). The van der Waals surface area contributed by atoms with Crippen LogP contribution in [-0.4, -0.2) is 58.3 Å². The van der Waals surface area contributed by atoms with Gasteiger partial charge in [-0.2, -0.15) is 0 Å². The Bertz CT molecular complexity index is 1140. The maximum absolute atomic E-state index is 12.7. The molecule has 0 aromatic heterocycles. The van der Waals surface area contributed by atoms with E-state index >= 15 is 0 Å². The third-order valence-corrected chi connectivity index (χ3v) is 15.0. The van der Waals surface area contributed by atoms with Crippen molar-refractivity contribution in [3.63, 3.8) is 0 Å². The molecule has 2 N–H and O–H groups in total. The van der Waals surface area contributed by atoms with E-state index in [1.165, 1.54) is 19.3 Å². The summed E-state index contributed by atoms with van der Waals surface area (Å²) in [4.78, 5) is 12.7. The van der Waals surface area contributed by atoms with Crippen LogP contribution >= 0.6 is 0 Å². The first-order valence-corrected chi connectivity index (χ1v) is 15.7. The Morgan fingerprint density at radius 2 is 1.62 bits per heavy atom. The summed E-state index contributed by atoms with van der Waals surface area (Å²) in [6.45, 7) is 15.3. The summed E-state index contributed by atoms with van der Waals surface area (Å²) < 4.78 is 25.6. The van der Waals surface area contributed by atoms with Gasteiger partial charge in [0.15, 0.2) is 6.29 Å². The second-order valence-electron chi connectivity index (χ2n) is 16.6. The van der Waals surface area contributed by atoms with Gasteiger partial charge in [0, 0.05) is 18.8 Å². The summed E-state index contributed by atoms with van der Waals surface area (Å²) in [6.07, 6.45) is 6.39. The van der Waals surface area contributed by atoms with Gasteiger partial charge in [-0.25, -0.2) is 0 Å². The average molecular weight is 545 g/mol. The van der Waals surface area contributed by atoms with Crippen LogP contribution in [-0.2, 0) is 23.7 Å². The quantitative estimate of drug-likeness (QED) is 0.369. The third-order valence-electron chi connectivity index (χ3n) is 15.0. The zero-order valence-corrected chi connectivity index (χ0v) is 24.8. The van der Waals surface area contributed by atoms with Crippen molar-refractivity contribution in [1.29, 1.82) is 0 Å². The number of esters is 1. The standard InChI is InChI=1S/C32H48O7/c1-16-12-32(24-29(7,38-24)25(35)39-32)37-18-13-27(5)20-9-8-19-26(3,4)21(34)10-11-30(19)15-31(20,30)14-22(36-17(2)33)28(27,6)23(16)18/h16,18-25,34-35H,8-15H2,1-7H3/t16-,18+,19+,20+,21+,22-,23+,24+,25+,27+,28-,29-,30-,31+,32+/m1/s1. The molecule has 5 aliphatic carbocycles. The Balaban J connectivity index is 1.21. The fraction of sp³-hybridized carbons (Fsp3) is 0.969. The van der Waals surface area contributed by atoms with E-state index in [9.17, 15) is 15.0 Å². The van der Waals surface area contributed by atoms with Crippen LogP contribution in [0.4, 0.5) is 0 Å². The third kappa shape index (κ3) is 2.65. The molecule has 8 aliphatic rings. The predicted octanol–water partition coefficient (Wildman–Crippen LogP) is 4.57. The van der Waals surface area contributed by atoms with Crippen molar-refractivity contribution in [2.75, 3.05) is 0 Å². The van der Waals surface area contributed by atoms with Gasteiger partial charge in [-0.3, -0.25) is 4.79 Å². The van der Waals surface area contributed by atoms with Gasteiger partial charge in [-0.15, -0.1) is 0 Å². The highest BCUT2D eigenvalue weighted by atomic mass is 16.8. The fourth-order valence-electron chi connectivity index (χ4n) is 13.3. The smallest absolute Gasteiger partial charge is 0.302 e. The lowest BCUT2D eigenvalue weighted by Gasteiger charge is -2.65. The van der Waals surface area contributed by atoms with E-state index in [2.05, 4.69) is 34.6 Å². The molecule has 0 aromatic carbocycles. The second-order valence-corrected chi connectivity index (χ2v) is 16.6. The molecule has 0 amide bonds. The van der Waals surface area contributed by atoms with Crippen molar-refractivity contribution in [3.05, 3.63) is 0 Å². The summed E-state index contributed by atoms with van der Waals surface area (Å²) in [7, 11) is 0. The molecule has 0 aromatic rings. The maximum Gasteiger partial charge on any atom is 0.302 e. The van der Waals surface area contributed by atoms with Crippen molar-refractivity contribution >= 4 is 5.97 Å². The van der Waals surface area contributed by atoms with Crippen LogP contribution < -0.4 is 0 Å². The number of fused-ring (bicyclic) bond motifs is 6. The summed E-state index contributed by atoms with van der Waals surface area (Å²) in [5.74, 6) is 0.475. The summed E-state index contributed by atoms with van der Waals surface area (Å²) in [5.41, 5.74) is -0.630. The predicted molar refractivity (Wildman–Crippen MR) is 141 cm³/mol. The Kier molecular flexibility index (Phi) is 4.70. The Labute approximate surface area is 232 Å². The molecular formula is C32H48O7. The highest BCUT2D eigenvalue weighted by Crippen LogP contribution is 2.89. The van der Waals surface area contributed by atoms with Gasteiger partial charge in [0.1, 0.15) is 17.8 Å². The van der Waals surface area contributed by atoms with Crippen molar-refractivity contribution in [2.24, 2.45) is 50.7 Å². The first kappa shape index (κ1) is 25.9. The van der Waals surface area contributed by atoms with Crippen LogP contribution in [0.15, 0.2) is 0 Å². The van der Waals surface area contributed by atoms with E-state index in [0.717, 1.165) is 25.7 Å². The summed E-state index contributed by atoms with van der Waals surface area (Å²) in [6, 6.07) is 0. The molecule has 7 heteroatoms. The minimum Gasteiger partial charge on any atom is -0.462 e. The average Bonchev–Trinajstić information content (AvgIpc) is 3.67. The van der Waals surface area contributed by atoms with E-state index in [4.69, 9.17) is 18.9 Å². The number of aliphatic hydroxyl groups is 2. The fourth-order valence-corrected chi connectivity index (χ4v) is 13.3. The molecule has 7 nitrogen and oxygen atoms in total. The Morgan fingerprint density at radius 1 is 0.897 bits per heavy atom. The van der Waals surface area contributed by atoms with Crippen molar-refractivity contribution < 1.29 is 34.0 Å². The van der Waals surface area contributed by atoms with Gasteiger partial charge >= 0.3 is 5.97 Å². The van der Waals surface area contributed by atoms with Crippen LogP contribution in [0.3, 0.4) is 0 Å². The lowest BCUT2D eigenvalue weighted by Crippen LogP contribution is -2.63. The normalized spacial score (nSPS) is 65.1. The zero-order chi connectivity index (χ0) is 27.8. The topological polar surface area (TPSA) is 97.8 Å². The Morgan fingerprint density at radius 3 is 2.26 bits per heavy atom. The van der Waals surface area contributed by atoms with Gasteiger partial charge < -0.3 is 29.2 Å². The first-order valence-electron chi connectivity index (χ1n) is 15.7. The summed E-state index contributed by atoms with van der Waals surface area (Å²) >= 11 is 0. The molecule has 0 bridgehead atoms. The molecule has 8 fully saturated rings. The molecule has 5 saturated carbocycles. The molecule has 218 valence electrons. The number of aliphatic hydroxyl groups excluding tert-OH is 2. The minimum atomic E-state index is -0.968. The largest absolute Gasteiger partial charge is 0.462 e.